The Kier molecular flexibility index (Phi) is 5.09. The van der Waals surface area contributed by atoms with Crippen molar-refractivity contribution in [2.45, 2.75) is 6.92 Å². The van der Waals surface area contributed by atoms with E-state index in [1.165, 1.54) is 0 Å². The number of benzene rings is 1. The topological polar surface area (TPSA) is 45.0 Å². The van der Waals surface area contributed by atoms with E-state index >= 15 is 0 Å². The van der Waals surface area contributed by atoms with Crippen LogP contribution in [0.1, 0.15) is 16.0 Å². The molecule has 0 aliphatic rings. The molecule has 0 unspecified atom stereocenters. The summed E-state index contributed by atoms with van der Waals surface area (Å²) >= 11 is 7.02. The molecule has 5 heteroatoms. The lowest BCUT2D eigenvalue weighted by Crippen LogP contribution is -2.10. The zero-order valence-corrected chi connectivity index (χ0v) is 13.2. The normalized spacial score (nSPS) is 9.71. The van der Waals surface area contributed by atoms with Gasteiger partial charge in [0.2, 0.25) is 0 Å². The van der Waals surface area contributed by atoms with Gasteiger partial charge < -0.3 is 10.1 Å². The highest BCUT2D eigenvalue weighted by atomic mass is 32.1. The largest absolute Gasteiger partial charge is 0.488 e. The monoisotopic (exact) mass is 314 g/mol. The fraction of sp³-hybridized carbons (Fsp3) is 0.125. The second-order valence-corrected chi connectivity index (χ2v) is 5.63. The predicted molar refractivity (Wildman–Crippen MR) is 91.2 cm³/mol. The third kappa shape index (κ3) is 3.69. The first-order chi connectivity index (χ1) is 10.2. The zero-order valence-electron chi connectivity index (χ0n) is 11.6. The number of hydrogen-bond acceptors (Lipinski definition) is 4. The Balaban J connectivity index is 2.21. The van der Waals surface area contributed by atoms with Crippen LogP contribution in [0.3, 0.4) is 0 Å². The van der Waals surface area contributed by atoms with E-state index in [9.17, 15) is 0 Å². The average molecular weight is 314 g/mol. The van der Waals surface area contributed by atoms with Crippen LogP contribution in [0.4, 0.5) is 5.69 Å². The molecule has 0 bridgehead atoms. The standard InChI is InChI=1S/C16H14N2OS2/c1-3-7-19-14-9-13(5-4-12(14)10-17)18-16(20)15-11(2)6-8-21-15/h3-6,8-9H,1,7H2,2H3,(H,18,20). The van der Waals surface area contributed by atoms with Crippen molar-refractivity contribution in [2.24, 2.45) is 0 Å². The molecule has 1 N–H and O–H groups in total. The number of aryl methyl sites for hydroxylation is 1. The van der Waals surface area contributed by atoms with Gasteiger partial charge in [0.25, 0.3) is 0 Å². The molecule has 0 saturated carbocycles. The summed E-state index contributed by atoms with van der Waals surface area (Å²) in [5.41, 5.74) is 2.43. The number of nitriles is 1. The van der Waals surface area contributed by atoms with Gasteiger partial charge in [0.05, 0.1) is 10.4 Å². The van der Waals surface area contributed by atoms with Crippen LogP contribution in [-0.4, -0.2) is 11.6 Å². The van der Waals surface area contributed by atoms with Crippen molar-refractivity contribution in [3.8, 4) is 11.8 Å². The van der Waals surface area contributed by atoms with Crippen LogP contribution in [0.15, 0.2) is 42.3 Å². The molecule has 0 spiro atoms. The summed E-state index contributed by atoms with van der Waals surface area (Å²) in [5, 5.41) is 14.3. The van der Waals surface area contributed by atoms with Gasteiger partial charge >= 0.3 is 0 Å². The van der Waals surface area contributed by atoms with E-state index < -0.39 is 0 Å². The van der Waals surface area contributed by atoms with E-state index in [2.05, 4.69) is 18.0 Å². The van der Waals surface area contributed by atoms with Crippen LogP contribution in [0.25, 0.3) is 0 Å². The third-order valence-electron chi connectivity index (χ3n) is 2.78. The second-order valence-electron chi connectivity index (χ2n) is 4.31. The first kappa shape index (κ1) is 15.2. The summed E-state index contributed by atoms with van der Waals surface area (Å²) in [6, 6.07) is 9.44. The molecule has 2 rings (SSSR count). The fourth-order valence-corrected chi connectivity index (χ4v) is 3.00. The Labute approximate surface area is 133 Å². The number of nitrogens with zero attached hydrogens (tertiary/aromatic N) is 1. The SMILES string of the molecule is C=CCOc1cc(NC(=S)c2sccc2C)ccc1C#N. The molecule has 1 heterocycles. The number of anilines is 1. The molecule has 0 amide bonds. The molecule has 0 aliphatic heterocycles. The number of nitrogens with one attached hydrogen (secondary N) is 1. The van der Waals surface area contributed by atoms with Crippen LogP contribution in [0, 0.1) is 18.3 Å². The van der Waals surface area contributed by atoms with Crippen molar-refractivity contribution in [3.05, 3.63) is 58.3 Å². The molecule has 0 fully saturated rings. The Bertz CT molecular complexity index is 713. The zero-order chi connectivity index (χ0) is 15.2. The van der Waals surface area contributed by atoms with Crippen molar-refractivity contribution in [3.63, 3.8) is 0 Å². The Morgan fingerprint density at radius 2 is 2.33 bits per heavy atom. The lowest BCUT2D eigenvalue weighted by molar-refractivity contribution is 0.362. The van der Waals surface area contributed by atoms with E-state index in [-0.39, 0.29) is 0 Å². The van der Waals surface area contributed by atoms with Crippen LogP contribution < -0.4 is 10.1 Å². The van der Waals surface area contributed by atoms with Gasteiger partial charge in [-0.25, -0.2) is 0 Å². The van der Waals surface area contributed by atoms with E-state index in [1.807, 2.05) is 24.4 Å². The first-order valence-corrected chi connectivity index (χ1v) is 7.57. The summed E-state index contributed by atoms with van der Waals surface area (Å²) in [4.78, 5) is 1.71. The number of hydrogen-bond donors (Lipinski definition) is 1. The molecule has 3 nitrogen and oxygen atoms in total. The average Bonchev–Trinajstić information content (AvgIpc) is 2.91. The molecule has 0 atom stereocenters. The molecule has 1 aromatic heterocycles. The van der Waals surface area contributed by atoms with Crippen LogP contribution in [0.2, 0.25) is 0 Å². The number of thiophene rings is 1. The van der Waals surface area contributed by atoms with E-state index in [1.54, 1.807) is 29.5 Å². The second kappa shape index (κ2) is 7.02. The maximum Gasteiger partial charge on any atom is 0.139 e. The Morgan fingerprint density at radius 3 is 2.95 bits per heavy atom. The van der Waals surface area contributed by atoms with Gasteiger partial charge in [-0.05, 0) is 36.1 Å². The lowest BCUT2D eigenvalue weighted by atomic mass is 10.2. The third-order valence-corrected chi connectivity index (χ3v) is 4.25. The lowest BCUT2D eigenvalue weighted by Gasteiger charge is -2.11. The summed E-state index contributed by atoms with van der Waals surface area (Å²) in [6.07, 6.45) is 1.64. The molecule has 21 heavy (non-hydrogen) atoms. The maximum absolute atomic E-state index is 9.08. The van der Waals surface area contributed by atoms with Gasteiger partial charge in [0.1, 0.15) is 23.4 Å². The molecule has 0 saturated heterocycles. The van der Waals surface area contributed by atoms with Gasteiger partial charge in [-0.1, -0.05) is 24.9 Å². The predicted octanol–water partition coefficient (Wildman–Crippen LogP) is 4.28. The highest BCUT2D eigenvalue weighted by Crippen LogP contribution is 2.24. The summed E-state index contributed by atoms with van der Waals surface area (Å²) in [7, 11) is 0. The van der Waals surface area contributed by atoms with Crippen LogP contribution in [-0.2, 0) is 0 Å². The Hall–Kier alpha value is -2.16. The van der Waals surface area contributed by atoms with Crippen molar-refractivity contribution < 1.29 is 4.74 Å². The molecule has 0 aliphatic carbocycles. The van der Waals surface area contributed by atoms with E-state index in [4.69, 9.17) is 22.2 Å². The van der Waals surface area contributed by atoms with Crippen molar-refractivity contribution in [1.29, 1.82) is 5.26 Å². The Morgan fingerprint density at radius 1 is 1.52 bits per heavy atom. The summed E-state index contributed by atoms with van der Waals surface area (Å²) < 4.78 is 5.49. The van der Waals surface area contributed by atoms with Gasteiger partial charge in [-0.15, -0.1) is 11.3 Å². The highest BCUT2D eigenvalue weighted by Gasteiger charge is 2.09. The van der Waals surface area contributed by atoms with Gasteiger partial charge in [-0.2, -0.15) is 5.26 Å². The number of rotatable bonds is 5. The van der Waals surface area contributed by atoms with E-state index in [0.29, 0.717) is 22.9 Å². The number of thiocarbonyl (C=S) groups is 1. The van der Waals surface area contributed by atoms with Crippen LogP contribution >= 0.6 is 23.6 Å². The smallest absolute Gasteiger partial charge is 0.139 e. The summed E-state index contributed by atoms with van der Waals surface area (Å²) in [6.45, 7) is 5.98. The maximum atomic E-state index is 9.08. The molecular formula is C16H14N2OS2. The fourth-order valence-electron chi connectivity index (χ4n) is 1.75. The molecule has 106 valence electrons. The first-order valence-electron chi connectivity index (χ1n) is 6.29. The quantitative estimate of drug-likeness (QED) is 0.661. The van der Waals surface area contributed by atoms with Gasteiger partial charge in [-0.3, -0.25) is 0 Å². The minimum Gasteiger partial charge on any atom is -0.488 e. The molecule has 1 aromatic carbocycles. The summed E-state index contributed by atoms with van der Waals surface area (Å²) in [5.74, 6) is 0.521. The highest BCUT2D eigenvalue weighted by molar-refractivity contribution is 7.81. The van der Waals surface area contributed by atoms with Gasteiger partial charge in [0, 0.05) is 11.8 Å². The van der Waals surface area contributed by atoms with Crippen molar-refractivity contribution in [2.75, 3.05) is 11.9 Å². The van der Waals surface area contributed by atoms with Crippen molar-refractivity contribution in [1.82, 2.24) is 0 Å². The van der Waals surface area contributed by atoms with Gasteiger partial charge in [0.15, 0.2) is 0 Å². The van der Waals surface area contributed by atoms with E-state index in [0.717, 1.165) is 16.1 Å². The minimum absolute atomic E-state index is 0.354. The molecular weight excluding hydrogens is 300 g/mol. The molecule has 2 aromatic rings. The minimum atomic E-state index is 0.354. The number of ether oxygens (including phenoxy) is 1. The van der Waals surface area contributed by atoms with Crippen molar-refractivity contribution >= 4 is 34.2 Å². The molecule has 0 radical (unpaired) electrons. The van der Waals surface area contributed by atoms with Crippen LogP contribution in [0.5, 0.6) is 5.75 Å².